The van der Waals surface area contributed by atoms with E-state index >= 15 is 0 Å². The van der Waals surface area contributed by atoms with Gasteiger partial charge >= 0.3 is 0 Å². The van der Waals surface area contributed by atoms with Gasteiger partial charge in [0.1, 0.15) is 0 Å². The Balaban J connectivity index is 1.48. The third-order valence-electron chi connectivity index (χ3n) is 3.14. The van der Waals surface area contributed by atoms with Crippen LogP contribution in [0.4, 0.5) is 0 Å². The molecule has 2 aliphatic rings. The average Bonchev–Trinajstić information content (AvgIpc) is 2.12. The number of nitrogens with one attached hydrogen (secondary N) is 1. The molecule has 1 unspecified atom stereocenters. The van der Waals surface area contributed by atoms with Crippen LogP contribution in [-0.2, 0) is 9.47 Å². The first-order chi connectivity index (χ1) is 7.78. The summed E-state index contributed by atoms with van der Waals surface area (Å²) < 4.78 is 10.5. The fraction of sp³-hybridized carbons (Fsp3) is 1.00. The Morgan fingerprint density at radius 3 is 2.75 bits per heavy atom. The van der Waals surface area contributed by atoms with Gasteiger partial charge in [0.05, 0.1) is 12.7 Å². The zero-order valence-corrected chi connectivity index (χ0v) is 9.89. The minimum Gasteiger partial charge on any atom is -0.370 e. The highest BCUT2D eigenvalue weighted by Gasteiger charge is 2.31. The zero-order chi connectivity index (χ0) is 11.4. The standard InChI is InChI=1S/C11H22N2O3/c1-2-15-11(14)8-16-10-6-13(7-10)5-9-3-12-4-9/h9-12,14H,2-8H2,1H3. The van der Waals surface area contributed by atoms with Crippen molar-refractivity contribution in [3.05, 3.63) is 0 Å². The summed E-state index contributed by atoms with van der Waals surface area (Å²) in [6, 6.07) is 0. The number of aliphatic hydroxyl groups is 1. The van der Waals surface area contributed by atoms with Crippen molar-refractivity contribution in [2.75, 3.05) is 45.9 Å². The molecule has 0 bridgehead atoms. The molecule has 16 heavy (non-hydrogen) atoms. The van der Waals surface area contributed by atoms with Gasteiger partial charge in [0, 0.05) is 39.3 Å². The third kappa shape index (κ3) is 3.40. The van der Waals surface area contributed by atoms with E-state index in [0.29, 0.717) is 6.61 Å². The summed E-state index contributed by atoms with van der Waals surface area (Å²) in [6.45, 7) is 8.16. The van der Waals surface area contributed by atoms with E-state index in [4.69, 9.17) is 9.47 Å². The minimum atomic E-state index is -0.769. The van der Waals surface area contributed by atoms with Gasteiger partial charge in [0.15, 0.2) is 6.29 Å². The first-order valence-electron chi connectivity index (χ1n) is 6.12. The Morgan fingerprint density at radius 2 is 2.19 bits per heavy atom. The van der Waals surface area contributed by atoms with Crippen LogP contribution in [0.15, 0.2) is 0 Å². The maximum absolute atomic E-state index is 9.31. The number of rotatable bonds is 7. The monoisotopic (exact) mass is 230 g/mol. The summed E-state index contributed by atoms with van der Waals surface area (Å²) in [5.41, 5.74) is 0. The lowest BCUT2D eigenvalue weighted by molar-refractivity contribution is -0.164. The smallest absolute Gasteiger partial charge is 0.178 e. The summed E-state index contributed by atoms with van der Waals surface area (Å²) >= 11 is 0. The van der Waals surface area contributed by atoms with E-state index in [1.54, 1.807) is 0 Å². The summed E-state index contributed by atoms with van der Waals surface area (Å²) in [6.07, 6.45) is -0.488. The number of ether oxygens (including phenoxy) is 2. The summed E-state index contributed by atoms with van der Waals surface area (Å²) in [5, 5.41) is 12.6. The molecular formula is C11H22N2O3. The molecule has 0 spiro atoms. The van der Waals surface area contributed by atoms with Crippen molar-refractivity contribution in [2.45, 2.75) is 19.3 Å². The Bertz CT molecular complexity index is 205. The van der Waals surface area contributed by atoms with E-state index in [2.05, 4.69) is 10.2 Å². The molecule has 0 amide bonds. The molecule has 2 heterocycles. The predicted molar refractivity (Wildman–Crippen MR) is 60.2 cm³/mol. The predicted octanol–water partition coefficient (Wildman–Crippen LogP) is -0.738. The minimum absolute atomic E-state index is 0.281. The van der Waals surface area contributed by atoms with Gasteiger partial charge in [-0.1, -0.05) is 0 Å². The van der Waals surface area contributed by atoms with Crippen molar-refractivity contribution in [2.24, 2.45) is 5.92 Å². The van der Waals surface area contributed by atoms with E-state index in [0.717, 1.165) is 32.1 Å². The lowest BCUT2D eigenvalue weighted by Crippen LogP contribution is -2.58. The molecule has 0 aromatic rings. The molecule has 2 rings (SSSR count). The lowest BCUT2D eigenvalue weighted by atomic mass is 10.0. The highest BCUT2D eigenvalue weighted by atomic mass is 16.6. The second kappa shape index (κ2) is 5.93. The average molecular weight is 230 g/mol. The molecule has 1 atom stereocenters. The van der Waals surface area contributed by atoms with Crippen molar-refractivity contribution in [1.29, 1.82) is 0 Å². The van der Waals surface area contributed by atoms with E-state index in [-0.39, 0.29) is 12.7 Å². The molecule has 0 radical (unpaired) electrons. The van der Waals surface area contributed by atoms with Crippen LogP contribution >= 0.6 is 0 Å². The molecule has 2 N–H and O–H groups in total. The van der Waals surface area contributed by atoms with Gasteiger partial charge in [0.25, 0.3) is 0 Å². The van der Waals surface area contributed by atoms with Crippen molar-refractivity contribution in [1.82, 2.24) is 10.2 Å². The molecule has 2 saturated heterocycles. The maximum atomic E-state index is 9.31. The van der Waals surface area contributed by atoms with Crippen molar-refractivity contribution in [3.63, 3.8) is 0 Å². The first-order valence-corrected chi connectivity index (χ1v) is 6.12. The molecule has 0 aromatic carbocycles. The SMILES string of the molecule is CCOC(O)COC1CN(CC2CNC2)C1. The van der Waals surface area contributed by atoms with Gasteiger partial charge < -0.3 is 19.9 Å². The molecule has 0 aromatic heterocycles. The number of nitrogens with zero attached hydrogens (tertiary/aromatic N) is 1. The molecule has 2 fully saturated rings. The van der Waals surface area contributed by atoms with Crippen LogP contribution in [-0.4, -0.2) is 68.3 Å². The van der Waals surface area contributed by atoms with E-state index in [9.17, 15) is 5.11 Å². The van der Waals surface area contributed by atoms with Crippen molar-refractivity contribution < 1.29 is 14.6 Å². The molecule has 0 saturated carbocycles. The molecule has 0 aliphatic carbocycles. The van der Waals surface area contributed by atoms with E-state index in [1.165, 1.54) is 6.54 Å². The molecule has 5 nitrogen and oxygen atoms in total. The fourth-order valence-electron chi connectivity index (χ4n) is 2.08. The second-order valence-corrected chi connectivity index (χ2v) is 4.61. The lowest BCUT2D eigenvalue weighted by Gasteiger charge is -2.42. The Kier molecular flexibility index (Phi) is 4.55. The summed E-state index contributed by atoms with van der Waals surface area (Å²) in [7, 11) is 0. The van der Waals surface area contributed by atoms with Crippen LogP contribution in [0.2, 0.25) is 0 Å². The van der Waals surface area contributed by atoms with Crippen LogP contribution in [0, 0.1) is 5.92 Å². The molecular weight excluding hydrogens is 208 g/mol. The van der Waals surface area contributed by atoms with Gasteiger partial charge in [-0.25, -0.2) is 0 Å². The quantitative estimate of drug-likeness (QED) is 0.564. The Morgan fingerprint density at radius 1 is 1.44 bits per heavy atom. The largest absolute Gasteiger partial charge is 0.370 e. The van der Waals surface area contributed by atoms with Crippen LogP contribution in [0.3, 0.4) is 0 Å². The number of hydrogen-bond donors (Lipinski definition) is 2. The highest BCUT2D eigenvalue weighted by Crippen LogP contribution is 2.15. The second-order valence-electron chi connectivity index (χ2n) is 4.61. The molecule has 5 heteroatoms. The van der Waals surface area contributed by atoms with Crippen LogP contribution in [0.1, 0.15) is 6.92 Å². The van der Waals surface area contributed by atoms with Crippen LogP contribution in [0.5, 0.6) is 0 Å². The highest BCUT2D eigenvalue weighted by molar-refractivity contribution is 4.86. The van der Waals surface area contributed by atoms with Crippen LogP contribution in [0.25, 0.3) is 0 Å². The maximum Gasteiger partial charge on any atom is 0.178 e. The van der Waals surface area contributed by atoms with Gasteiger partial charge in [-0.2, -0.15) is 0 Å². The van der Waals surface area contributed by atoms with Crippen molar-refractivity contribution >= 4 is 0 Å². The zero-order valence-electron chi connectivity index (χ0n) is 9.89. The first kappa shape index (κ1) is 12.3. The van der Waals surface area contributed by atoms with Crippen LogP contribution < -0.4 is 5.32 Å². The molecule has 2 aliphatic heterocycles. The third-order valence-corrected chi connectivity index (χ3v) is 3.14. The fourth-order valence-corrected chi connectivity index (χ4v) is 2.08. The van der Waals surface area contributed by atoms with E-state index in [1.807, 2.05) is 6.92 Å². The summed E-state index contributed by atoms with van der Waals surface area (Å²) in [5.74, 6) is 0.829. The number of hydrogen-bond acceptors (Lipinski definition) is 5. The summed E-state index contributed by atoms with van der Waals surface area (Å²) in [4.78, 5) is 2.41. The topological polar surface area (TPSA) is 54.0 Å². The van der Waals surface area contributed by atoms with Gasteiger partial charge in [-0.3, -0.25) is 4.90 Å². The van der Waals surface area contributed by atoms with Gasteiger partial charge in [-0.15, -0.1) is 0 Å². The normalized spacial score (nSPS) is 25.1. The Labute approximate surface area is 96.7 Å². The number of aliphatic hydroxyl groups excluding tert-OH is 1. The Hall–Kier alpha value is -0.200. The van der Waals surface area contributed by atoms with E-state index < -0.39 is 6.29 Å². The van der Waals surface area contributed by atoms with Crippen molar-refractivity contribution in [3.8, 4) is 0 Å². The number of likely N-dealkylation sites (tertiary alicyclic amines) is 1. The van der Waals surface area contributed by atoms with Gasteiger partial charge in [0.2, 0.25) is 0 Å². The molecule has 94 valence electrons. The van der Waals surface area contributed by atoms with Gasteiger partial charge in [-0.05, 0) is 12.8 Å².